The zero-order chi connectivity index (χ0) is 17.2. The molecule has 0 spiro atoms. The SMILES string of the molecule is Cc1[nH]ncc1-c1cc2nc(CNCc3ccccc3)[nH]c(=O)c2s1. The van der Waals surface area contributed by atoms with Crippen molar-refractivity contribution < 1.29 is 0 Å². The van der Waals surface area contributed by atoms with Crippen LogP contribution in [0, 0.1) is 6.92 Å². The molecule has 1 aromatic carbocycles. The van der Waals surface area contributed by atoms with E-state index in [-0.39, 0.29) is 5.56 Å². The van der Waals surface area contributed by atoms with Gasteiger partial charge in [0.25, 0.3) is 5.56 Å². The summed E-state index contributed by atoms with van der Waals surface area (Å²) in [4.78, 5) is 20.8. The first-order chi connectivity index (χ1) is 12.2. The molecule has 0 aliphatic carbocycles. The van der Waals surface area contributed by atoms with Gasteiger partial charge in [0.2, 0.25) is 0 Å². The highest BCUT2D eigenvalue weighted by Crippen LogP contribution is 2.31. The maximum Gasteiger partial charge on any atom is 0.268 e. The van der Waals surface area contributed by atoms with E-state index in [9.17, 15) is 4.79 Å². The minimum absolute atomic E-state index is 0.0982. The number of aromatic amines is 2. The molecule has 3 heterocycles. The lowest BCUT2D eigenvalue weighted by atomic mass is 10.2. The molecular formula is C18H17N5OS. The van der Waals surface area contributed by atoms with Gasteiger partial charge in [-0.3, -0.25) is 9.89 Å². The van der Waals surface area contributed by atoms with E-state index in [2.05, 4.69) is 37.6 Å². The van der Waals surface area contributed by atoms with Gasteiger partial charge in [-0.15, -0.1) is 11.3 Å². The molecule has 7 heteroatoms. The van der Waals surface area contributed by atoms with Crippen LogP contribution in [0.2, 0.25) is 0 Å². The molecule has 3 N–H and O–H groups in total. The van der Waals surface area contributed by atoms with Crippen LogP contribution in [0.4, 0.5) is 0 Å². The quantitative estimate of drug-likeness (QED) is 0.516. The van der Waals surface area contributed by atoms with E-state index in [1.807, 2.05) is 31.2 Å². The smallest absolute Gasteiger partial charge is 0.268 e. The van der Waals surface area contributed by atoms with Crippen LogP contribution in [-0.4, -0.2) is 20.2 Å². The van der Waals surface area contributed by atoms with E-state index >= 15 is 0 Å². The fourth-order valence-corrected chi connectivity index (χ4v) is 3.78. The minimum Gasteiger partial charge on any atom is -0.308 e. The third-order valence-electron chi connectivity index (χ3n) is 3.99. The van der Waals surface area contributed by atoms with Crippen molar-refractivity contribution in [1.82, 2.24) is 25.5 Å². The van der Waals surface area contributed by atoms with Gasteiger partial charge in [-0.05, 0) is 18.6 Å². The molecule has 0 aliphatic heterocycles. The number of nitrogens with zero attached hydrogens (tertiary/aromatic N) is 2. The lowest BCUT2D eigenvalue weighted by Crippen LogP contribution is -2.18. The third kappa shape index (κ3) is 3.24. The average Bonchev–Trinajstić information content (AvgIpc) is 3.22. The van der Waals surface area contributed by atoms with Crippen LogP contribution in [0.1, 0.15) is 17.1 Å². The zero-order valence-electron chi connectivity index (χ0n) is 13.7. The highest BCUT2D eigenvalue weighted by Gasteiger charge is 2.12. The number of benzene rings is 1. The summed E-state index contributed by atoms with van der Waals surface area (Å²) in [5.41, 5.74) is 3.80. The molecule has 0 amide bonds. The maximum absolute atomic E-state index is 12.4. The Hall–Kier alpha value is -2.77. The molecule has 0 unspecified atom stereocenters. The molecule has 25 heavy (non-hydrogen) atoms. The number of thiophene rings is 1. The van der Waals surface area contributed by atoms with E-state index in [1.54, 1.807) is 6.20 Å². The summed E-state index contributed by atoms with van der Waals surface area (Å²) in [6.07, 6.45) is 1.77. The fraction of sp³-hybridized carbons (Fsp3) is 0.167. The molecular weight excluding hydrogens is 334 g/mol. The van der Waals surface area contributed by atoms with Crippen molar-refractivity contribution in [2.24, 2.45) is 0 Å². The Balaban J connectivity index is 1.57. The first-order valence-corrected chi connectivity index (χ1v) is 8.80. The van der Waals surface area contributed by atoms with Crippen molar-refractivity contribution in [3.63, 3.8) is 0 Å². The minimum atomic E-state index is -0.0982. The largest absolute Gasteiger partial charge is 0.308 e. The molecule has 0 radical (unpaired) electrons. The Kier molecular flexibility index (Phi) is 4.17. The molecule has 0 atom stereocenters. The van der Waals surface area contributed by atoms with Gasteiger partial charge in [0, 0.05) is 22.7 Å². The van der Waals surface area contributed by atoms with Gasteiger partial charge in [-0.1, -0.05) is 30.3 Å². The van der Waals surface area contributed by atoms with E-state index < -0.39 is 0 Å². The Morgan fingerprint density at radius 2 is 2.04 bits per heavy atom. The van der Waals surface area contributed by atoms with Gasteiger partial charge in [-0.2, -0.15) is 5.10 Å². The molecule has 0 aliphatic rings. The van der Waals surface area contributed by atoms with Gasteiger partial charge in [0.05, 0.1) is 18.3 Å². The number of fused-ring (bicyclic) bond motifs is 1. The zero-order valence-corrected chi connectivity index (χ0v) is 14.5. The van der Waals surface area contributed by atoms with Gasteiger partial charge >= 0.3 is 0 Å². The van der Waals surface area contributed by atoms with Crippen LogP contribution in [0.3, 0.4) is 0 Å². The maximum atomic E-state index is 12.4. The predicted octanol–water partition coefficient (Wildman–Crippen LogP) is 2.97. The van der Waals surface area contributed by atoms with Crippen LogP contribution in [0.15, 0.2) is 47.4 Å². The van der Waals surface area contributed by atoms with Gasteiger partial charge < -0.3 is 10.3 Å². The van der Waals surface area contributed by atoms with E-state index in [0.29, 0.717) is 17.1 Å². The van der Waals surface area contributed by atoms with Crippen LogP contribution in [0.25, 0.3) is 20.7 Å². The third-order valence-corrected chi connectivity index (χ3v) is 5.15. The van der Waals surface area contributed by atoms with Crippen molar-refractivity contribution in [3.05, 3.63) is 70.0 Å². The molecule has 0 saturated carbocycles. The summed E-state index contributed by atoms with van der Waals surface area (Å²) in [6.45, 7) is 3.20. The molecule has 126 valence electrons. The number of hydrogen-bond acceptors (Lipinski definition) is 5. The van der Waals surface area contributed by atoms with Crippen LogP contribution in [-0.2, 0) is 13.1 Å². The predicted molar refractivity (Wildman–Crippen MR) is 99.5 cm³/mol. The summed E-state index contributed by atoms with van der Waals surface area (Å²) in [5.74, 6) is 0.640. The highest BCUT2D eigenvalue weighted by molar-refractivity contribution is 7.22. The number of hydrogen-bond donors (Lipinski definition) is 3. The molecule has 4 rings (SSSR count). The molecule has 3 aromatic heterocycles. The average molecular weight is 351 g/mol. The topological polar surface area (TPSA) is 86.5 Å². The second-order valence-corrected chi connectivity index (χ2v) is 6.89. The molecule has 6 nitrogen and oxygen atoms in total. The number of aryl methyl sites for hydroxylation is 1. The highest BCUT2D eigenvalue weighted by atomic mass is 32.1. The van der Waals surface area contributed by atoms with Crippen molar-refractivity contribution in [2.45, 2.75) is 20.0 Å². The summed E-state index contributed by atoms with van der Waals surface area (Å²) >= 11 is 1.44. The number of rotatable bonds is 5. The molecule has 0 bridgehead atoms. The summed E-state index contributed by atoms with van der Waals surface area (Å²) in [7, 11) is 0. The van der Waals surface area contributed by atoms with E-state index in [1.165, 1.54) is 16.9 Å². The van der Waals surface area contributed by atoms with E-state index in [0.717, 1.165) is 28.2 Å². The van der Waals surface area contributed by atoms with Gasteiger partial charge in [-0.25, -0.2) is 4.98 Å². The van der Waals surface area contributed by atoms with Crippen LogP contribution >= 0.6 is 11.3 Å². The number of aromatic nitrogens is 4. The van der Waals surface area contributed by atoms with Crippen molar-refractivity contribution in [2.75, 3.05) is 0 Å². The molecule has 4 aromatic rings. The fourth-order valence-electron chi connectivity index (χ4n) is 2.72. The van der Waals surface area contributed by atoms with Crippen molar-refractivity contribution >= 4 is 21.6 Å². The number of nitrogens with one attached hydrogen (secondary N) is 3. The second kappa shape index (κ2) is 6.62. The molecule has 0 saturated heterocycles. The number of H-pyrrole nitrogens is 2. The molecule has 0 fully saturated rings. The van der Waals surface area contributed by atoms with E-state index in [4.69, 9.17) is 0 Å². The van der Waals surface area contributed by atoms with Crippen molar-refractivity contribution in [3.8, 4) is 10.4 Å². The summed E-state index contributed by atoms with van der Waals surface area (Å²) in [6, 6.07) is 12.1. The van der Waals surface area contributed by atoms with Crippen molar-refractivity contribution in [1.29, 1.82) is 0 Å². The second-order valence-electron chi connectivity index (χ2n) is 5.84. The van der Waals surface area contributed by atoms with Crippen LogP contribution in [0.5, 0.6) is 0 Å². The first-order valence-electron chi connectivity index (χ1n) is 7.98. The Bertz CT molecular complexity index is 1060. The normalized spacial score (nSPS) is 11.2. The van der Waals surface area contributed by atoms with Gasteiger partial charge in [0.1, 0.15) is 10.5 Å². The lowest BCUT2D eigenvalue weighted by Gasteiger charge is -2.04. The van der Waals surface area contributed by atoms with Crippen LogP contribution < -0.4 is 10.9 Å². The Labute approximate surface area is 148 Å². The standard InChI is InChI=1S/C18H17N5OS/c1-11-13(9-20-23-11)15-7-14-17(25-15)18(24)22-16(21-14)10-19-8-12-5-3-2-4-6-12/h2-7,9,19H,8,10H2,1H3,(H,20,23)(H,21,22,24). The summed E-state index contributed by atoms with van der Waals surface area (Å²) < 4.78 is 0.641. The Morgan fingerprint density at radius 3 is 2.80 bits per heavy atom. The Morgan fingerprint density at radius 1 is 1.20 bits per heavy atom. The lowest BCUT2D eigenvalue weighted by molar-refractivity contribution is 0.663. The summed E-state index contributed by atoms with van der Waals surface area (Å²) in [5, 5.41) is 10.3. The van der Waals surface area contributed by atoms with Gasteiger partial charge in [0.15, 0.2) is 0 Å². The monoisotopic (exact) mass is 351 g/mol. The first kappa shape index (κ1) is 15.7.